The molecule has 1 aromatic carbocycles. The Hall–Kier alpha value is -3.30. The Bertz CT molecular complexity index is 2020. The van der Waals surface area contributed by atoms with Crippen molar-refractivity contribution in [2.45, 2.75) is 156 Å². The summed E-state index contributed by atoms with van der Waals surface area (Å²) in [5.41, 5.74) is 3.89. The third kappa shape index (κ3) is 10.7. The van der Waals surface area contributed by atoms with Crippen molar-refractivity contribution < 1.29 is 0 Å². The summed E-state index contributed by atoms with van der Waals surface area (Å²) in [6, 6.07) is 23.2. The van der Waals surface area contributed by atoms with Gasteiger partial charge in [-0.1, -0.05) is 105 Å². The number of nitrogens with zero attached hydrogens (tertiary/aromatic N) is 4. The van der Waals surface area contributed by atoms with Gasteiger partial charge in [-0.25, -0.2) is 0 Å². The van der Waals surface area contributed by atoms with E-state index in [1.807, 2.05) is 45.3 Å². The lowest BCUT2D eigenvalue weighted by molar-refractivity contribution is 0.670. The average Bonchev–Trinajstić information content (AvgIpc) is 4.09. The minimum absolute atomic E-state index is 0.972. The molecule has 0 saturated carbocycles. The van der Waals surface area contributed by atoms with E-state index < -0.39 is 0 Å². The highest BCUT2D eigenvalue weighted by Crippen LogP contribution is 2.44. The molecule has 306 valence electrons. The molecule has 0 aliphatic rings. The normalized spacial score (nSPS) is 11.8. The predicted octanol–water partition coefficient (Wildman–Crippen LogP) is 17.0. The van der Waals surface area contributed by atoms with Crippen molar-refractivity contribution in [1.82, 2.24) is 20.4 Å². The second kappa shape index (κ2) is 21.8. The van der Waals surface area contributed by atoms with E-state index in [9.17, 15) is 0 Å². The van der Waals surface area contributed by atoms with Gasteiger partial charge in [-0.15, -0.1) is 65.7 Å². The van der Waals surface area contributed by atoms with E-state index in [4.69, 9.17) is 20.4 Å². The van der Waals surface area contributed by atoms with E-state index in [1.54, 1.807) is 0 Å². The summed E-state index contributed by atoms with van der Waals surface area (Å²) >= 11 is 7.54. The summed E-state index contributed by atoms with van der Waals surface area (Å²) in [7, 11) is 0. The first kappa shape index (κ1) is 42.8. The van der Waals surface area contributed by atoms with Crippen LogP contribution in [0, 0.1) is 0 Å². The fourth-order valence-electron chi connectivity index (χ4n) is 7.99. The number of rotatable bonds is 24. The summed E-state index contributed by atoms with van der Waals surface area (Å²) in [6.45, 7) is 9.13. The summed E-state index contributed by atoms with van der Waals surface area (Å²) in [6.07, 6.45) is 24.8. The smallest absolute Gasteiger partial charge is 0.111 e. The number of aryl methyl sites for hydroxylation is 4. The van der Waals surface area contributed by atoms with Gasteiger partial charge >= 0.3 is 0 Å². The van der Waals surface area contributed by atoms with Crippen molar-refractivity contribution in [2.75, 3.05) is 0 Å². The van der Waals surface area contributed by atoms with Gasteiger partial charge in [0.2, 0.25) is 0 Å². The van der Waals surface area contributed by atoms with E-state index >= 15 is 0 Å². The Morgan fingerprint density at radius 1 is 0.310 bits per heavy atom. The van der Waals surface area contributed by atoms with Crippen LogP contribution < -0.4 is 0 Å². The molecule has 0 radical (unpaired) electrons. The van der Waals surface area contributed by atoms with Crippen LogP contribution in [0.5, 0.6) is 0 Å². The SMILES string of the molecule is CCCCCCc1ccc(-c2nnc(-c3ccc(CCCCCC)s3)c3cc4c(-c5ccc(CCCCCC)s5)nnc(-c5ccc(CCCCCC)s5)c4cc23)s1. The molecule has 7 aromatic rings. The fraction of sp³-hybridized carbons (Fsp3) is 0.480. The standard InChI is InChI=1S/C50H62N4S4/c1-5-9-13-17-21-35-25-29-43(55-35)47-39-33-41-42(34-40(39)48(52-51-47)44-30-26-36(56-44)22-18-14-10-6-2)50(46-32-28-38(58-46)24-20-16-12-8-4)54-53-49(41)45-31-27-37(57-45)23-19-15-11-7-3/h25-34H,5-24H2,1-4H3. The van der Waals surface area contributed by atoms with Gasteiger partial charge in [0.05, 0.1) is 19.5 Å². The molecule has 0 amide bonds. The van der Waals surface area contributed by atoms with Crippen molar-refractivity contribution in [1.29, 1.82) is 0 Å². The number of fused-ring (bicyclic) bond motifs is 2. The molecule has 6 aromatic heterocycles. The number of hydrogen-bond acceptors (Lipinski definition) is 8. The number of benzene rings is 1. The number of aromatic nitrogens is 4. The van der Waals surface area contributed by atoms with E-state index in [0.29, 0.717) is 0 Å². The molecule has 0 aliphatic heterocycles. The quantitative estimate of drug-likeness (QED) is 0.0449. The third-order valence-electron chi connectivity index (χ3n) is 11.4. The van der Waals surface area contributed by atoms with Crippen molar-refractivity contribution in [3.05, 3.63) is 80.2 Å². The molecule has 0 saturated heterocycles. The Labute approximate surface area is 363 Å². The van der Waals surface area contributed by atoms with Crippen LogP contribution in [0.15, 0.2) is 60.7 Å². The summed E-state index contributed by atoms with van der Waals surface area (Å²) in [5, 5.41) is 25.0. The molecular weight excluding hydrogens is 785 g/mol. The Kier molecular flexibility index (Phi) is 16.1. The second-order valence-electron chi connectivity index (χ2n) is 16.0. The minimum atomic E-state index is 0.972. The van der Waals surface area contributed by atoms with Crippen molar-refractivity contribution in [3.63, 3.8) is 0 Å². The van der Waals surface area contributed by atoms with Crippen LogP contribution in [0.1, 0.15) is 150 Å². The van der Waals surface area contributed by atoms with Gasteiger partial charge in [0.25, 0.3) is 0 Å². The van der Waals surface area contributed by atoms with Crippen LogP contribution in [0.2, 0.25) is 0 Å². The predicted molar refractivity (Wildman–Crippen MR) is 257 cm³/mol. The van der Waals surface area contributed by atoms with Crippen LogP contribution in [-0.4, -0.2) is 20.4 Å². The van der Waals surface area contributed by atoms with Crippen molar-refractivity contribution in [3.8, 4) is 42.3 Å². The molecule has 0 aliphatic carbocycles. The molecule has 0 atom stereocenters. The first-order valence-corrected chi connectivity index (χ1v) is 25.7. The van der Waals surface area contributed by atoms with Crippen LogP contribution >= 0.6 is 45.3 Å². The third-order valence-corrected chi connectivity index (χ3v) is 16.0. The average molecular weight is 847 g/mol. The van der Waals surface area contributed by atoms with Gasteiger partial charge in [0, 0.05) is 41.1 Å². The van der Waals surface area contributed by atoms with Crippen LogP contribution in [0.4, 0.5) is 0 Å². The summed E-state index contributed by atoms with van der Waals surface area (Å²) < 4.78 is 0. The van der Waals surface area contributed by atoms with Gasteiger partial charge in [-0.2, -0.15) is 0 Å². The maximum absolute atomic E-state index is 5.10. The van der Waals surface area contributed by atoms with Crippen LogP contribution in [0.3, 0.4) is 0 Å². The molecule has 0 bridgehead atoms. The number of unbranched alkanes of at least 4 members (excludes halogenated alkanes) is 12. The molecule has 58 heavy (non-hydrogen) atoms. The molecule has 6 heterocycles. The molecular formula is C50H62N4S4. The zero-order valence-electron chi connectivity index (χ0n) is 35.3. The van der Waals surface area contributed by atoms with Crippen molar-refractivity contribution in [2.24, 2.45) is 0 Å². The zero-order chi connectivity index (χ0) is 40.1. The summed E-state index contributed by atoms with van der Waals surface area (Å²) in [5.74, 6) is 0. The van der Waals surface area contributed by atoms with Gasteiger partial charge < -0.3 is 0 Å². The molecule has 0 fully saturated rings. The molecule has 0 spiro atoms. The molecule has 0 N–H and O–H groups in total. The summed E-state index contributed by atoms with van der Waals surface area (Å²) in [4.78, 5) is 10.5. The highest BCUT2D eigenvalue weighted by Gasteiger charge is 2.22. The van der Waals surface area contributed by atoms with Gasteiger partial charge in [-0.05, 0) is 112 Å². The molecule has 8 heteroatoms. The Morgan fingerprint density at radius 2 is 0.552 bits per heavy atom. The Morgan fingerprint density at radius 3 is 0.776 bits per heavy atom. The van der Waals surface area contributed by atoms with E-state index in [2.05, 4.69) is 88.4 Å². The van der Waals surface area contributed by atoms with E-state index in [-0.39, 0.29) is 0 Å². The molecule has 7 rings (SSSR count). The van der Waals surface area contributed by atoms with Crippen LogP contribution in [0.25, 0.3) is 63.8 Å². The van der Waals surface area contributed by atoms with Crippen LogP contribution in [-0.2, 0) is 25.7 Å². The number of hydrogen-bond donors (Lipinski definition) is 0. The van der Waals surface area contributed by atoms with Gasteiger partial charge in [-0.3, -0.25) is 0 Å². The minimum Gasteiger partial charge on any atom is -0.148 e. The monoisotopic (exact) mass is 846 g/mol. The van der Waals surface area contributed by atoms with E-state index in [1.165, 1.54) is 142 Å². The highest BCUT2D eigenvalue weighted by molar-refractivity contribution is 7.16. The Balaban J connectivity index is 1.37. The maximum atomic E-state index is 5.10. The topological polar surface area (TPSA) is 51.6 Å². The highest BCUT2D eigenvalue weighted by atomic mass is 32.1. The maximum Gasteiger partial charge on any atom is 0.111 e. The van der Waals surface area contributed by atoms with Crippen molar-refractivity contribution >= 4 is 66.9 Å². The lowest BCUT2D eigenvalue weighted by Crippen LogP contribution is -1.97. The zero-order valence-corrected chi connectivity index (χ0v) is 38.6. The lowest BCUT2D eigenvalue weighted by atomic mass is 9.98. The molecule has 0 unspecified atom stereocenters. The fourth-order valence-corrected chi connectivity index (χ4v) is 12.2. The molecule has 4 nitrogen and oxygen atoms in total. The first-order chi connectivity index (χ1) is 28.6. The second-order valence-corrected chi connectivity index (χ2v) is 20.7. The van der Waals surface area contributed by atoms with Gasteiger partial charge in [0.15, 0.2) is 0 Å². The lowest BCUT2D eigenvalue weighted by Gasteiger charge is -2.13. The number of thiophene rings is 4. The first-order valence-electron chi connectivity index (χ1n) is 22.5. The largest absolute Gasteiger partial charge is 0.148 e. The van der Waals surface area contributed by atoms with E-state index in [0.717, 1.165) is 70.0 Å². The van der Waals surface area contributed by atoms with Gasteiger partial charge in [0.1, 0.15) is 22.8 Å².